The van der Waals surface area contributed by atoms with Crippen LogP contribution in [-0.2, 0) is 16.1 Å². The van der Waals surface area contributed by atoms with E-state index >= 15 is 0 Å². The van der Waals surface area contributed by atoms with E-state index in [2.05, 4.69) is 15.6 Å². The molecule has 3 aliphatic rings. The molecule has 0 radical (unpaired) electrons. The van der Waals surface area contributed by atoms with Gasteiger partial charge in [0, 0.05) is 0 Å². The van der Waals surface area contributed by atoms with E-state index in [9.17, 15) is 0 Å². The van der Waals surface area contributed by atoms with Crippen LogP contribution in [0.5, 0.6) is 5.75 Å². The predicted octanol–water partition coefficient (Wildman–Crippen LogP) is 2.73. The van der Waals surface area contributed by atoms with Gasteiger partial charge < -0.3 is 19.5 Å². The van der Waals surface area contributed by atoms with Crippen molar-refractivity contribution in [2.45, 2.75) is 63.0 Å². The lowest BCUT2D eigenvalue weighted by molar-refractivity contribution is 0.0618. The van der Waals surface area contributed by atoms with E-state index in [-0.39, 0.29) is 24.3 Å². The molecule has 1 aliphatic carbocycles. The topological polar surface area (TPSA) is 70.4 Å². The fourth-order valence-corrected chi connectivity index (χ4v) is 4.81. The smallest absolute Gasteiger partial charge is 0.134 e. The Labute approximate surface area is 171 Å². The zero-order valence-electron chi connectivity index (χ0n) is 16.8. The second-order valence-corrected chi connectivity index (χ2v) is 8.47. The van der Waals surface area contributed by atoms with Crippen LogP contribution in [0.2, 0.25) is 0 Å². The van der Waals surface area contributed by atoms with Gasteiger partial charge in [-0.15, -0.1) is 5.10 Å². The molecule has 3 fully saturated rings. The first-order valence-corrected chi connectivity index (χ1v) is 10.9. The number of fused-ring (bicyclic) bond motifs is 1. The number of nitrogens with zero attached hydrogens (tertiary/aromatic N) is 3. The van der Waals surface area contributed by atoms with Crippen molar-refractivity contribution in [1.29, 1.82) is 0 Å². The summed E-state index contributed by atoms with van der Waals surface area (Å²) in [6.07, 6.45) is 8.93. The van der Waals surface area contributed by atoms with E-state index in [0.29, 0.717) is 19.8 Å². The molecule has 2 aromatic rings. The van der Waals surface area contributed by atoms with Gasteiger partial charge in [-0.3, -0.25) is 0 Å². The van der Waals surface area contributed by atoms with Crippen molar-refractivity contribution in [2.75, 3.05) is 19.8 Å². The van der Waals surface area contributed by atoms with Crippen molar-refractivity contribution in [1.82, 2.24) is 20.3 Å². The molecule has 7 heteroatoms. The van der Waals surface area contributed by atoms with Crippen molar-refractivity contribution in [3.8, 4) is 5.75 Å². The number of hydrogen-bond acceptors (Lipinski definition) is 6. The van der Waals surface area contributed by atoms with Crippen LogP contribution in [-0.4, -0.2) is 53.0 Å². The Morgan fingerprint density at radius 2 is 1.86 bits per heavy atom. The minimum atomic E-state index is 0.0310. The molecular weight excluding hydrogens is 368 g/mol. The number of rotatable bonds is 7. The number of hydrogen-bond donors (Lipinski definition) is 1. The molecule has 0 bridgehead atoms. The van der Waals surface area contributed by atoms with Crippen LogP contribution in [0.4, 0.5) is 0 Å². The largest absolute Gasteiger partial charge is 0.487 e. The fourth-order valence-electron chi connectivity index (χ4n) is 4.81. The summed E-state index contributed by atoms with van der Waals surface area (Å²) in [7, 11) is 0. The Morgan fingerprint density at radius 3 is 2.72 bits per heavy atom. The number of nitrogens with one attached hydrogen (secondary N) is 1. The molecule has 1 aromatic carbocycles. The average Bonchev–Trinajstić information content (AvgIpc) is 3.49. The number of aromatic nitrogens is 3. The van der Waals surface area contributed by atoms with Crippen molar-refractivity contribution in [3.05, 3.63) is 42.2 Å². The summed E-state index contributed by atoms with van der Waals surface area (Å²) >= 11 is 0. The van der Waals surface area contributed by atoms with E-state index in [4.69, 9.17) is 14.2 Å². The molecule has 0 unspecified atom stereocenters. The second kappa shape index (κ2) is 8.81. The maximum absolute atomic E-state index is 6.13. The van der Waals surface area contributed by atoms with Crippen LogP contribution in [0.15, 0.2) is 36.5 Å². The Kier molecular flexibility index (Phi) is 5.78. The first kappa shape index (κ1) is 19.0. The minimum absolute atomic E-state index is 0.0310. The molecule has 0 amide bonds. The normalized spacial score (nSPS) is 29.8. The quantitative estimate of drug-likeness (QED) is 0.773. The minimum Gasteiger partial charge on any atom is -0.487 e. The Morgan fingerprint density at radius 1 is 1.03 bits per heavy atom. The van der Waals surface area contributed by atoms with E-state index in [0.717, 1.165) is 23.9 Å². The molecule has 2 saturated heterocycles. The van der Waals surface area contributed by atoms with Gasteiger partial charge in [-0.1, -0.05) is 42.7 Å². The van der Waals surface area contributed by atoms with Crippen molar-refractivity contribution in [2.24, 2.45) is 5.92 Å². The predicted molar refractivity (Wildman–Crippen MR) is 108 cm³/mol. The fraction of sp³-hybridized carbons (Fsp3) is 0.636. The first-order valence-electron chi connectivity index (χ1n) is 10.9. The standard InChI is InChI=1S/C22H30N4O3/c1-3-7-16(8-4-1)11-23-19-14-28-22-20(15-29-21(19)22)26-12-17(24-25-26)13-27-18-9-5-2-6-10-18/h2,5-6,9-10,12,16,19-23H,1,3-4,7-8,11,13-15H2/t19-,20-,21+,22+/m0/s1. The van der Waals surface area contributed by atoms with Crippen LogP contribution in [0.1, 0.15) is 43.8 Å². The van der Waals surface area contributed by atoms with Crippen LogP contribution < -0.4 is 10.1 Å². The molecule has 1 N–H and O–H groups in total. The number of para-hydroxylation sites is 1. The van der Waals surface area contributed by atoms with Crippen LogP contribution in [0, 0.1) is 5.92 Å². The van der Waals surface area contributed by atoms with Crippen molar-refractivity contribution < 1.29 is 14.2 Å². The zero-order chi connectivity index (χ0) is 19.5. The van der Waals surface area contributed by atoms with E-state index in [1.807, 2.05) is 41.2 Å². The molecule has 1 aromatic heterocycles. The highest BCUT2D eigenvalue weighted by molar-refractivity contribution is 5.21. The maximum atomic E-state index is 6.13. The highest BCUT2D eigenvalue weighted by Gasteiger charge is 2.48. The molecule has 1 saturated carbocycles. The van der Waals surface area contributed by atoms with Crippen LogP contribution in [0.25, 0.3) is 0 Å². The number of ether oxygens (including phenoxy) is 3. The molecule has 29 heavy (non-hydrogen) atoms. The van der Waals surface area contributed by atoms with E-state index in [1.165, 1.54) is 32.1 Å². The lowest BCUT2D eigenvalue weighted by Gasteiger charge is -2.25. The first-order chi connectivity index (χ1) is 14.4. The zero-order valence-corrected chi connectivity index (χ0v) is 16.8. The monoisotopic (exact) mass is 398 g/mol. The summed E-state index contributed by atoms with van der Waals surface area (Å²) in [5.74, 6) is 1.64. The highest BCUT2D eigenvalue weighted by Crippen LogP contribution is 2.34. The second-order valence-electron chi connectivity index (χ2n) is 8.47. The molecule has 156 valence electrons. The van der Waals surface area contributed by atoms with Gasteiger partial charge in [0.05, 0.1) is 25.5 Å². The molecule has 0 spiro atoms. The van der Waals surface area contributed by atoms with Gasteiger partial charge in [0.15, 0.2) is 0 Å². The lowest BCUT2D eigenvalue weighted by atomic mass is 9.89. The van der Waals surface area contributed by atoms with Crippen molar-refractivity contribution >= 4 is 0 Å². The van der Waals surface area contributed by atoms with Gasteiger partial charge >= 0.3 is 0 Å². The van der Waals surface area contributed by atoms with Crippen LogP contribution in [0.3, 0.4) is 0 Å². The summed E-state index contributed by atoms with van der Waals surface area (Å²) < 4.78 is 19.9. The summed E-state index contributed by atoms with van der Waals surface area (Å²) in [5.41, 5.74) is 0.808. The van der Waals surface area contributed by atoms with Gasteiger partial charge in [0.1, 0.15) is 36.3 Å². The summed E-state index contributed by atoms with van der Waals surface area (Å²) in [5, 5.41) is 12.3. The molecular formula is C22H30N4O3. The van der Waals surface area contributed by atoms with Gasteiger partial charge in [-0.2, -0.15) is 0 Å². The number of benzene rings is 1. The Bertz CT molecular complexity index is 777. The Hall–Kier alpha value is -1.96. The summed E-state index contributed by atoms with van der Waals surface area (Å²) in [6, 6.07) is 10.1. The average molecular weight is 399 g/mol. The molecule has 2 aliphatic heterocycles. The Balaban J connectivity index is 1.14. The van der Waals surface area contributed by atoms with Gasteiger partial charge in [0.2, 0.25) is 0 Å². The summed E-state index contributed by atoms with van der Waals surface area (Å²) in [6.45, 7) is 2.80. The van der Waals surface area contributed by atoms with Crippen LogP contribution >= 0.6 is 0 Å². The van der Waals surface area contributed by atoms with Gasteiger partial charge in [-0.05, 0) is 37.4 Å². The van der Waals surface area contributed by atoms with Crippen molar-refractivity contribution in [3.63, 3.8) is 0 Å². The van der Waals surface area contributed by atoms with Gasteiger partial charge in [-0.25, -0.2) is 4.68 Å². The van der Waals surface area contributed by atoms with Gasteiger partial charge in [0.25, 0.3) is 0 Å². The highest BCUT2D eigenvalue weighted by atomic mass is 16.6. The molecule has 3 heterocycles. The maximum Gasteiger partial charge on any atom is 0.134 e. The molecule has 7 nitrogen and oxygen atoms in total. The van der Waals surface area contributed by atoms with E-state index in [1.54, 1.807) is 0 Å². The summed E-state index contributed by atoms with van der Waals surface area (Å²) in [4.78, 5) is 0. The SMILES string of the molecule is c1ccc(OCc2cn([C@H]3CO[C@H]4[C@@H]3OC[C@@H]4NCC3CCCCC3)nn2)cc1. The third-order valence-electron chi connectivity index (χ3n) is 6.45. The molecule has 4 atom stereocenters. The lowest BCUT2D eigenvalue weighted by Crippen LogP contribution is -2.43. The third kappa shape index (κ3) is 4.32. The third-order valence-corrected chi connectivity index (χ3v) is 6.45. The molecule has 5 rings (SSSR count). The van der Waals surface area contributed by atoms with E-state index < -0.39 is 0 Å².